The average molecular weight is 230 g/mol. The van der Waals surface area contributed by atoms with Gasteiger partial charge in [-0.15, -0.1) is 0 Å². The molecule has 2 aromatic rings. The molecule has 17 heavy (non-hydrogen) atoms. The third-order valence-electron chi connectivity index (χ3n) is 2.26. The Balaban J connectivity index is 2.55. The molecule has 1 amide bonds. The fraction of sp³-hybridized carbons (Fsp3) is 0.0909. The van der Waals surface area contributed by atoms with Gasteiger partial charge in [-0.3, -0.25) is 24.1 Å². The summed E-state index contributed by atoms with van der Waals surface area (Å²) in [7, 11) is 0. The van der Waals surface area contributed by atoms with Gasteiger partial charge in [0.05, 0.1) is 11.9 Å². The molecule has 0 fully saturated rings. The second-order valence-electron chi connectivity index (χ2n) is 3.38. The lowest BCUT2D eigenvalue weighted by Crippen LogP contribution is -2.34. The number of carbonyl (C=O) groups is 1. The van der Waals surface area contributed by atoms with Crippen molar-refractivity contribution in [3.63, 3.8) is 0 Å². The third-order valence-corrected chi connectivity index (χ3v) is 2.26. The van der Waals surface area contributed by atoms with E-state index in [1.807, 2.05) is 0 Å². The van der Waals surface area contributed by atoms with Gasteiger partial charge in [0.25, 0.3) is 5.56 Å². The zero-order chi connectivity index (χ0) is 12.3. The molecule has 0 spiro atoms. The summed E-state index contributed by atoms with van der Waals surface area (Å²) in [5, 5.41) is 0. The van der Waals surface area contributed by atoms with Crippen molar-refractivity contribution in [2.45, 2.75) is 6.04 Å². The molecule has 0 saturated heterocycles. The summed E-state index contributed by atoms with van der Waals surface area (Å²) >= 11 is 0. The minimum atomic E-state index is -0.933. The van der Waals surface area contributed by atoms with Gasteiger partial charge in [-0.1, -0.05) is 6.07 Å². The molecule has 86 valence electrons. The Bertz CT molecular complexity index is 579. The van der Waals surface area contributed by atoms with E-state index in [0.717, 1.165) is 0 Å². The molecule has 0 saturated carbocycles. The minimum Gasteiger partial charge on any atom is -0.368 e. The summed E-state index contributed by atoms with van der Waals surface area (Å²) in [6.07, 6.45) is 5.83. The average Bonchev–Trinajstić information content (AvgIpc) is 2.33. The van der Waals surface area contributed by atoms with E-state index in [4.69, 9.17) is 5.73 Å². The highest BCUT2D eigenvalue weighted by Gasteiger charge is 2.21. The molecule has 2 heterocycles. The number of aromatic nitrogens is 3. The van der Waals surface area contributed by atoms with Gasteiger partial charge in [-0.2, -0.15) is 0 Å². The maximum atomic E-state index is 11.6. The van der Waals surface area contributed by atoms with Crippen LogP contribution >= 0.6 is 0 Å². The van der Waals surface area contributed by atoms with Crippen molar-refractivity contribution in [1.82, 2.24) is 14.5 Å². The van der Waals surface area contributed by atoms with Crippen LogP contribution < -0.4 is 11.3 Å². The van der Waals surface area contributed by atoms with Crippen LogP contribution in [0, 0.1) is 0 Å². The molecule has 0 bridgehead atoms. The predicted octanol–water partition coefficient (Wildman–Crippen LogP) is -0.287. The van der Waals surface area contributed by atoms with E-state index in [1.165, 1.54) is 35.4 Å². The van der Waals surface area contributed by atoms with Gasteiger partial charge >= 0.3 is 0 Å². The number of amides is 1. The van der Waals surface area contributed by atoms with E-state index >= 15 is 0 Å². The van der Waals surface area contributed by atoms with Gasteiger partial charge in [0, 0.05) is 24.7 Å². The van der Waals surface area contributed by atoms with Crippen LogP contribution in [-0.4, -0.2) is 20.4 Å². The number of carbonyl (C=O) groups excluding carboxylic acids is 1. The maximum Gasteiger partial charge on any atom is 0.251 e. The van der Waals surface area contributed by atoms with Gasteiger partial charge in [-0.25, -0.2) is 0 Å². The van der Waals surface area contributed by atoms with E-state index in [1.54, 1.807) is 12.1 Å². The van der Waals surface area contributed by atoms with Crippen molar-refractivity contribution in [2.75, 3.05) is 0 Å². The maximum absolute atomic E-state index is 11.6. The molecule has 2 N–H and O–H groups in total. The molecule has 0 radical (unpaired) electrons. The molecule has 6 heteroatoms. The lowest BCUT2D eigenvalue weighted by atomic mass is 10.2. The number of nitrogens with two attached hydrogens (primary N) is 1. The topological polar surface area (TPSA) is 90.9 Å². The first-order valence-electron chi connectivity index (χ1n) is 4.92. The van der Waals surface area contributed by atoms with Gasteiger partial charge < -0.3 is 5.73 Å². The van der Waals surface area contributed by atoms with Crippen molar-refractivity contribution in [3.8, 4) is 0 Å². The first-order valence-corrected chi connectivity index (χ1v) is 4.92. The Labute approximate surface area is 96.8 Å². The zero-order valence-electron chi connectivity index (χ0n) is 8.85. The van der Waals surface area contributed by atoms with Crippen molar-refractivity contribution < 1.29 is 4.79 Å². The Morgan fingerprint density at radius 1 is 1.35 bits per heavy atom. The highest BCUT2D eigenvalue weighted by molar-refractivity contribution is 5.81. The zero-order valence-corrected chi connectivity index (χ0v) is 8.85. The number of nitrogens with zero attached hydrogens (tertiary/aromatic N) is 3. The summed E-state index contributed by atoms with van der Waals surface area (Å²) in [5.74, 6) is -0.654. The second-order valence-corrected chi connectivity index (χ2v) is 3.38. The molecular formula is C11H10N4O2. The van der Waals surface area contributed by atoms with Crippen LogP contribution in [0.1, 0.15) is 11.7 Å². The van der Waals surface area contributed by atoms with Crippen LogP contribution in [0.15, 0.2) is 47.8 Å². The Hall–Kier alpha value is -2.50. The number of pyridine rings is 1. The highest BCUT2D eigenvalue weighted by atomic mass is 16.2. The lowest BCUT2D eigenvalue weighted by Gasteiger charge is -2.14. The summed E-state index contributed by atoms with van der Waals surface area (Å²) in [5.41, 5.74) is 5.33. The van der Waals surface area contributed by atoms with Crippen molar-refractivity contribution in [3.05, 3.63) is 59.0 Å². The fourth-order valence-electron chi connectivity index (χ4n) is 1.53. The lowest BCUT2D eigenvalue weighted by molar-refractivity contribution is -0.120. The Kier molecular flexibility index (Phi) is 2.95. The van der Waals surface area contributed by atoms with Crippen LogP contribution in [0.2, 0.25) is 0 Å². The summed E-state index contributed by atoms with van der Waals surface area (Å²) in [4.78, 5) is 30.9. The number of primary amides is 1. The van der Waals surface area contributed by atoms with Crippen molar-refractivity contribution in [1.29, 1.82) is 0 Å². The van der Waals surface area contributed by atoms with E-state index < -0.39 is 11.9 Å². The largest absolute Gasteiger partial charge is 0.368 e. The van der Waals surface area contributed by atoms with Crippen LogP contribution in [0.4, 0.5) is 0 Å². The predicted molar refractivity (Wildman–Crippen MR) is 60.1 cm³/mol. The summed E-state index contributed by atoms with van der Waals surface area (Å²) < 4.78 is 1.23. The molecule has 2 aromatic heterocycles. The van der Waals surface area contributed by atoms with E-state index in [-0.39, 0.29) is 5.56 Å². The van der Waals surface area contributed by atoms with Crippen LogP contribution in [0.3, 0.4) is 0 Å². The number of hydrogen-bond acceptors (Lipinski definition) is 4. The van der Waals surface area contributed by atoms with Gasteiger partial charge in [0.1, 0.15) is 0 Å². The molecule has 0 aliphatic rings. The minimum absolute atomic E-state index is 0.318. The molecule has 0 aliphatic carbocycles. The second kappa shape index (κ2) is 4.56. The third kappa shape index (κ3) is 2.20. The highest BCUT2D eigenvalue weighted by Crippen LogP contribution is 2.11. The quantitative estimate of drug-likeness (QED) is 0.784. The van der Waals surface area contributed by atoms with Gasteiger partial charge in [0.2, 0.25) is 5.91 Å². The number of hydrogen-bond donors (Lipinski definition) is 1. The molecule has 0 aromatic carbocycles. The standard InChI is InChI=1S/C11H10N4O2/c12-11(17)10(8-7-13-4-5-14-8)15-6-2-1-3-9(15)16/h1-7,10H,(H2,12,17). The molecule has 0 aliphatic heterocycles. The van der Waals surface area contributed by atoms with Crippen molar-refractivity contribution in [2.24, 2.45) is 5.73 Å². The molecule has 1 unspecified atom stereocenters. The van der Waals surface area contributed by atoms with Crippen LogP contribution in [-0.2, 0) is 4.79 Å². The van der Waals surface area contributed by atoms with Crippen LogP contribution in [0.5, 0.6) is 0 Å². The fourth-order valence-corrected chi connectivity index (χ4v) is 1.53. The van der Waals surface area contributed by atoms with Gasteiger partial charge in [0.15, 0.2) is 6.04 Å². The molecule has 1 atom stereocenters. The SMILES string of the molecule is NC(=O)C(c1cnccn1)n1ccccc1=O. The van der Waals surface area contributed by atoms with E-state index in [9.17, 15) is 9.59 Å². The molecule has 6 nitrogen and oxygen atoms in total. The first kappa shape index (κ1) is 11.0. The van der Waals surface area contributed by atoms with E-state index in [0.29, 0.717) is 5.69 Å². The van der Waals surface area contributed by atoms with Gasteiger partial charge in [-0.05, 0) is 6.07 Å². The van der Waals surface area contributed by atoms with E-state index in [2.05, 4.69) is 9.97 Å². The monoisotopic (exact) mass is 230 g/mol. The smallest absolute Gasteiger partial charge is 0.251 e. The van der Waals surface area contributed by atoms with Crippen LogP contribution in [0.25, 0.3) is 0 Å². The molecule has 2 rings (SSSR count). The first-order chi connectivity index (χ1) is 8.20. The Morgan fingerprint density at radius 3 is 2.76 bits per heavy atom. The molecular weight excluding hydrogens is 220 g/mol. The summed E-state index contributed by atoms with van der Waals surface area (Å²) in [6, 6.07) is 3.66. The normalized spacial score (nSPS) is 12.0. The summed E-state index contributed by atoms with van der Waals surface area (Å²) in [6.45, 7) is 0. The Morgan fingerprint density at radius 2 is 2.18 bits per heavy atom. The van der Waals surface area contributed by atoms with Crippen molar-refractivity contribution >= 4 is 5.91 Å². The number of rotatable bonds is 3.